The van der Waals surface area contributed by atoms with Crippen LogP contribution in [0.4, 0.5) is 5.69 Å². The Hall–Kier alpha value is -1.97. The number of nitro benzene ring substituents is 1. The largest absolute Gasteiger partial charge is 0.298 e. The van der Waals surface area contributed by atoms with Gasteiger partial charge in [-0.2, -0.15) is 0 Å². The van der Waals surface area contributed by atoms with Gasteiger partial charge < -0.3 is 0 Å². The van der Waals surface area contributed by atoms with Crippen LogP contribution in [0.15, 0.2) is 37.4 Å². The van der Waals surface area contributed by atoms with E-state index in [9.17, 15) is 14.9 Å². The molecule has 0 unspecified atom stereocenters. The van der Waals surface area contributed by atoms with Crippen LogP contribution in [-0.2, 0) is 0 Å². The number of hydrogen-bond acceptors (Lipinski definition) is 3. The molecule has 0 atom stereocenters. The fourth-order valence-electron chi connectivity index (χ4n) is 0.753. The normalized spacial score (nSPS) is 8.00. The van der Waals surface area contributed by atoms with Gasteiger partial charge in [0.2, 0.25) is 0 Å². The summed E-state index contributed by atoms with van der Waals surface area (Å²) in [4.78, 5) is 19.9. The van der Waals surface area contributed by atoms with E-state index >= 15 is 0 Å². The lowest BCUT2D eigenvalue weighted by molar-refractivity contribution is -0.385. The van der Waals surface area contributed by atoms with Crippen molar-refractivity contribution in [2.75, 3.05) is 0 Å². The summed E-state index contributed by atoms with van der Waals surface area (Å²) < 4.78 is 0. The van der Waals surface area contributed by atoms with Crippen LogP contribution in [0.1, 0.15) is 10.4 Å². The number of para-hydroxylation sites is 1. The van der Waals surface area contributed by atoms with Crippen LogP contribution in [-0.4, -0.2) is 11.2 Å². The Bertz CT molecular complexity index is 309. The van der Waals surface area contributed by atoms with E-state index in [-0.39, 0.29) is 11.3 Å². The third-order valence-corrected chi connectivity index (χ3v) is 1.26. The van der Waals surface area contributed by atoms with Crippen LogP contribution in [0.2, 0.25) is 0 Å². The molecule has 1 aromatic carbocycles. The van der Waals surface area contributed by atoms with Gasteiger partial charge in [0.1, 0.15) is 0 Å². The molecule has 0 aliphatic heterocycles. The highest BCUT2D eigenvalue weighted by Gasteiger charge is 2.09. The minimum absolute atomic E-state index is 0.109. The molecule has 0 saturated heterocycles. The summed E-state index contributed by atoms with van der Waals surface area (Å²) >= 11 is 0. The number of carbonyl (C=O) groups is 1. The Labute approximate surface area is 75.7 Å². The SMILES string of the molecule is C=C.O=Cc1ccccc1[N+](=O)[O-]. The quantitative estimate of drug-likeness (QED) is 0.302. The Morgan fingerprint density at radius 2 is 1.85 bits per heavy atom. The number of rotatable bonds is 2. The molecule has 4 heteroatoms. The Kier molecular flexibility index (Phi) is 4.79. The fourth-order valence-corrected chi connectivity index (χ4v) is 0.753. The molecule has 0 N–H and O–H groups in total. The summed E-state index contributed by atoms with van der Waals surface area (Å²) in [6, 6.07) is 5.80. The molecule has 0 saturated carbocycles. The van der Waals surface area contributed by atoms with Gasteiger partial charge in [0, 0.05) is 6.07 Å². The van der Waals surface area contributed by atoms with Crippen molar-refractivity contribution < 1.29 is 9.72 Å². The highest BCUT2D eigenvalue weighted by molar-refractivity contribution is 5.81. The van der Waals surface area contributed by atoms with E-state index in [1.54, 1.807) is 6.07 Å². The standard InChI is InChI=1S/C7H5NO3.C2H4/c9-5-6-3-1-2-4-7(6)8(10)11;1-2/h1-5H;1-2H2. The van der Waals surface area contributed by atoms with Crippen molar-refractivity contribution >= 4 is 12.0 Å². The van der Waals surface area contributed by atoms with Crippen molar-refractivity contribution in [3.63, 3.8) is 0 Å². The third-order valence-electron chi connectivity index (χ3n) is 1.26. The van der Waals surface area contributed by atoms with Crippen molar-refractivity contribution in [1.29, 1.82) is 0 Å². The summed E-state index contributed by atoms with van der Waals surface area (Å²) in [5, 5.41) is 10.2. The summed E-state index contributed by atoms with van der Waals surface area (Å²) in [6.07, 6.45) is 0.470. The molecule has 1 aromatic rings. The van der Waals surface area contributed by atoms with Gasteiger partial charge in [-0.3, -0.25) is 14.9 Å². The zero-order valence-corrected chi connectivity index (χ0v) is 6.97. The second-order valence-corrected chi connectivity index (χ2v) is 1.93. The summed E-state index contributed by atoms with van der Waals surface area (Å²) in [7, 11) is 0. The Morgan fingerprint density at radius 3 is 2.23 bits per heavy atom. The van der Waals surface area contributed by atoms with Crippen molar-refractivity contribution in [3.8, 4) is 0 Å². The van der Waals surface area contributed by atoms with Gasteiger partial charge in [-0.05, 0) is 6.07 Å². The molecule has 0 amide bonds. The fraction of sp³-hybridized carbons (Fsp3) is 0. The van der Waals surface area contributed by atoms with Crippen LogP contribution in [0.5, 0.6) is 0 Å². The zero-order chi connectivity index (χ0) is 10.3. The molecule has 1 rings (SSSR count). The van der Waals surface area contributed by atoms with Crippen LogP contribution in [0, 0.1) is 10.1 Å². The number of nitrogens with zero attached hydrogens (tertiary/aromatic N) is 1. The molecule has 0 spiro atoms. The molecule has 13 heavy (non-hydrogen) atoms. The number of carbonyl (C=O) groups excluding carboxylic acids is 1. The second kappa shape index (κ2) is 5.65. The van der Waals surface area contributed by atoms with E-state index in [1.165, 1.54) is 18.2 Å². The average Bonchev–Trinajstić information content (AvgIpc) is 2.20. The molecular formula is C9H9NO3. The van der Waals surface area contributed by atoms with Crippen molar-refractivity contribution in [2.24, 2.45) is 0 Å². The van der Waals surface area contributed by atoms with Crippen LogP contribution in [0.3, 0.4) is 0 Å². The molecule has 68 valence electrons. The van der Waals surface area contributed by atoms with E-state index in [0.29, 0.717) is 6.29 Å². The first-order chi connectivity index (χ1) is 6.25. The van der Waals surface area contributed by atoms with Crippen LogP contribution >= 0.6 is 0 Å². The van der Waals surface area contributed by atoms with E-state index < -0.39 is 4.92 Å². The molecule has 0 heterocycles. The molecule has 0 radical (unpaired) electrons. The summed E-state index contributed by atoms with van der Waals surface area (Å²) in [5.41, 5.74) is -0.0417. The highest BCUT2D eigenvalue weighted by atomic mass is 16.6. The lowest BCUT2D eigenvalue weighted by Gasteiger charge is -1.91. The van der Waals surface area contributed by atoms with Gasteiger partial charge in [0.25, 0.3) is 5.69 Å². The first-order valence-electron chi connectivity index (χ1n) is 3.44. The first-order valence-corrected chi connectivity index (χ1v) is 3.44. The van der Waals surface area contributed by atoms with E-state index in [2.05, 4.69) is 13.2 Å². The van der Waals surface area contributed by atoms with Gasteiger partial charge in [0.05, 0.1) is 10.5 Å². The summed E-state index contributed by atoms with van der Waals surface area (Å²) in [6.45, 7) is 6.00. The van der Waals surface area contributed by atoms with Crippen LogP contribution < -0.4 is 0 Å². The van der Waals surface area contributed by atoms with Gasteiger partial charge in [-0.1, -0.05) is 12.1 Å². The van der Waals surface area contributed by atoms with E-state index in [1.807, 2.05) is 0 Å². The number of hydrogen-bond donors (Lipinski definition) is 0. The van der Waals surface area contributed by atoms with E-state index in [4.69, 9.17) is 0 Å². The molecule has 0 fully saturated rings. The lowest BCUT2D eigenvalue weighted by Crippen LogP contribution is -1.92. The van der Waals surface area contributed by atoms with Crippen LogP contribution in [0.25, 0.3) is 0 Å². The Morgan fingerprint density at radius 1 is 1.31 bits per heavy atom. The molecular weight excluding hydrogens is 170 g/mol. The number of nitro groups is 1. The monoisotopic (exact) mass is 179 g/mol. The maximum absolute atomic E-state index is 10.2. The minimum Gasteiger partial charge on any atom is -0.298 e. The van der Waals surface area contributed by atoms with Crippen molar-refractivity contribution in [2.45, 2.75) is 0 Å². The summed E-state index contributed by atoms with van der Waals surface area (Å²) in [5.74, 6) is 0. The molecule has 0 bridgehead atoms. The zero-order valence-electron chi connectivity index (χ0n) is 6.97. The predicted molar refractivity (Wildman–Crippen MR) is 49.7 cm³/mol. The number of benzene rings is 1. The van der Waals surface area contributed by atoms with Gasteiger partial charge >= 0.3 is 0 Å². The highest BCUT2D eigenvalue weighted by Crippen LogP contribution is 2.14. The molecule has 0 aliphatic rings. The maximum Gasteiger partial charge on any atom is 0.279 e. The lowest BCUT2D eigenvalue weighted by atomic mass is 10.2. The topological polar surface area (TPSA) is 60.2 Å². The number of aldehydes is 1. The molecule has 0 aromatic heterocycles. The third kappa shape index (κ3) is 2.86. The first kappa shape index (κ1) is 11.0. The average molecular weight is 179 g/mol. The van der Waals surface area contributed by atoms with Gasteiger partial charge in [-0.25, -0.2) is 0 Å². The minimum atomic E-state index is -0.580. The Balaban J connectivity index is 0.000000671. The van der Waals surface area contributed by atoms with Crippen molar-refractivity contribution in [3.05, 3.63) is 53.1 Å². The second-order valence-electron chi connectivity index (χ2n) is 1.93. The molecule has 4 nitrogen and oxygen atoms in total. The van der Waals surface area contributed by atoms with Crippen molar-refractivity contribution in [1.82, 2.24) is 0 Å². The smallest absolute Gasteiger partial charge is 0.279 e. The predicted octanol–water partition coefficient (Wildman–Crippen LogP) is 2.21. The van der Waals surface area contributed by atoms with E-state index in [0.717, 1.165) is 0 Å². The van der Waals surface area contributed by atoms with Gasteiger partial charge in [-0.15, -0.1) is 13.2 Å². The van der Waals surface area contributed by atoms with Gasteiger partial charge in [0.15, 0.2) is 6.29 Å². The molecule has 0 aliphatic carbocycles. The maximum atomic E-state index is 10.2.